The fourth-order valence-electron chi connectivity index (χ4n) is 3.28. The summed E-state index contributed by atoms with van der Waals surface area (Å²) >= 11 is 0. The van der Waals surface area contributed by atoms with Crippen LogP contribution in [0, 0.1) is 24.0 Å². The zero-order chi connectivity index (χ0) is 19.1. The van der Waals surface area contributed by atoms with Gasteiger partial charge in [0.15, 0.2) is 5.69 Å². The van der Waals surface area contributed by atoms with E-state index in [2.05, 4.69) is 10.3 Å². The van der Waals surface area contributed by atoms with Crippen LogP contribution in [-0.4, -0.2) is 32.4 Å². The van der Waals surface area contributed by atoms with E-state index in [9.17, 15) is 14.9 Å². The molecule has 1 aromatic heterocycles. The van der Waals surface area contributed by atoms with Crippen molar-refractivity contribution in [3.8, 4) is 5.69 Å². The van der Waals surface area contributed by atoms with Crippen LogP contribution in [0.2, 0.25) is 0 Å². The number of nitro benzene ring substituents is 1. The van der Waals surface area contributed by atoms with Gasteiger partial charge in [-0.2, -0.15) is 0 Å². The van der Waals surface area contributed by atoms with Crippen molar-refractivity contribution >= 4 is 17.3 Å². The number of carbonyl (C=O) groups excluding carboxylic acids is 1. The molecule has 0 spiro atoms. The van der Waals surface area contributed by atoms with Crippen molar-refractivity contribution in [1.29, 1.82) is 0 Å². The lowest BCUT2D eigenvalue weighted by molar-refractivity contribution is -0.384. The number of amides is 1. The maximum Gasteiger partial charge on any atom is 0.280 e. The number of carbonyl (C=O) groups is 1. The SMILES string of the molecule is Cc1ccc(-n2nnc(C(=O)N3CCc4ccc([N+](=O)[O-])cc43)c2C)cc1. The molecule has 8 heteroatoms. The van der Waals surface area contributed by atoms with Crippen LogP contribution in [0.4, 0.5) is 11.4 Å². The number of aromatic nitrogens is 3. The van der Waals surface area contributed by atoms with Crippen molar-refractivity contribution in [2.24, 2.45) is 0 Å². The first-order valence-electron chi connectivity index (χ1n) is 8.54. The van der Waals surface area contributed by atoms with Gasteiger partial charge < -0.3 is 4.90 Å². The molecule has 27 heavy (non-hydrogen) atoms. The largest absolute Gasteiger partial charge is 0.306 e. The summed E-state index contributed by atoms with van der Waals surface area (Å²) in [5.41, 5.74) is 4.27. The van der Waals surface area contributed by atoms with Crippen molar-refractivity contribution in [3.05, 3.63) is 75.1 Å². The Hall–Kier alpha value is -3.55. The summed E-state index contributed by atoms with van der Waals surface area (Å²) < 4.78 is 1.62. The number of aryl methyl sites for hydroxylation is 1. The van der Waals surface area contributed by atoms with Gasteiger partial charge in [0.05, 0.1) is 22.0 Å². The second-order valence-electron chi connectivity index (χ2n) is 6.55. The van der Waals surface area contributed by atoms with Crippen molar-refractivity contribution < 1.29 is 9.72 Å². The quantitative estimate of drug-likeness (QED) is 0.527. The Morgan fingerprint density at radius 3 is 2.59 bits per heavy atom. The Kier molecular flexibility index (Phi) is 3.95. The molecule has 1 amide bonds. The molecule has 0 fully saturated rings. The first kappa shape index (κ1) is 16.9. The fraction of sp³-hybridized carbons (Fsp3) is 0.211. The molecular formula is C19H17N5O3. The highest BCUT2D eigenvalue weighted by atomic mass is 16.6. The van der Waals surface area contributed by atoms with Crippen LogP contribution >= 0.6 is 0 Å². The van der Waals surface area contributed by atoms with E-state index in [0.717, 1.165) is 16.8 Å². The van der Waals surface area contributed by atoms with Gasteiger partial charge in [0.1, 0.15) is 0 Å². The lowest BCUT2D eigenvalue weighted by Crippen LogP contribution is -2.30. The first-order chi connectivity index (χ1) is 13.0. The highest BCUT2D eigenvalue weighted by Gasteiger charge is 2.30. The van der Waals surface area contributed by atoms with Crippen LogP contribution in [-0.2, 0) is 6.42 Å². The number of anilines is 1. The number of hydrogen-bond acceptors (Lipinski definition) is 5. The van der Waals surface area contributed by atoms with E-state index in [4.69, 9.17) is 0 Å². The molecular weight excluding hydrogens is 346 g/mol. The molecule has 2 heterocycles. The monoisotopic (exact) mass is 363 g/mol. The summed E-state index contributed by atoms with van der Waals surface area (Å²) in [6.45, 7) is 4.25. The number of benzene rings is 2. The van der Waals surface area contributed by atoms with E-state index in [1.54, 1.807) is 22.6 Å². The Labute approximate surface area is 155 Å². The van der Waals surface area contributed by atoms with Gasteiger partial charge in [-0.3, -0.25) is 14.9 Å². The van der Waals surface area contributed by atoms with Crippen molar-refractivity contribution in [1.82, 2.24) is 15.0 Å². The third kappa shape index (κ3) is 2.84. The van der Waals surface area contributed by atoms with Crippen molar-refractivity contribution in [3.63, 3.8) is 0 Å². The molecule has 0 bridgehead atoms. The lowest BCUT2D eigenvalue weighted by atomic mass is 10.1. The van der Waals surface area contributed by atoms with E-state index in [1.165, 1.54) is 12.1 Å². The van der Waals surface area contributed by atoms with Gasteiger partial charge in [-0.1, -0.05) is 29.0 Å². The molecule has 0 N–H and O–H groups in total. The Balaban J connectivity index is 1.69. The predicted molar refractivity (Wildman–Crippen MR) is 99.3 cm³/mol. The van der Waals surface area contributed by atoms with Gasteiger partial charge >= 0.3 is 0 Å². The number of hydrogen-bond donors (Lipinski definition) is 0. The minimum absolute atomic E-state index is 0.0338. The Morgan fingerprint density at radius 1 is 1.15 bits per heavy atom. The number of non-ortho nitro benzene ring substituents is 1. The fourth-order valence-corrected chi connectivity index (χ4v) is 3.28. The summed E-state index contributed by atoms with van der Waals surface area (Å²) in [6, 6.07) is 12.4. The maximum absolute atomic E-state index is 13.1. The number of fused-ring (bicyclic) bond motifs is 1. The Morgan fingerprint density at radius 2 is 1.89 bits per heavy atom. The van der Waals surface area contributed by atoms with Gasteiger partial charge in [0.25, 0.3) is 11.6 Å². The molecule has 4 rings (SSSR count). The standard InChI is InChI=1S/C19H17N5O3/c1-12-3-6-15(7-4-12)23-13(2)18(20-21-23)19(25)22-10-9-14-5-8-16(24(26)27)11-17(14)22/h3-8,11H,9-10H2,1-2H3. The zero-order valence-electron chi connectivity index (χ0n) is 14.9. The first-order valence-corrected chi connectivity index (χ1v) is 8.54. The van der Waals surface area contributed by atoms with E-state index in [-0.39, 0.29) is 17.3 Å². The van der Waals surface area contributed by atoms with Crippen LogP contribution in [0.1, 0.15) is 27.3 Å². The number of nitro groups is 1. The normalized spacial score (nSPS) is 12.9. The molecule has 0 atom stereocenters. The highest BCUT2D eigenvalue weighted by Crippen LogP contribution is 2.32. The third-order valence-corrected chi connectivity index (χ3v) is 4.80. The molecule has 136 valence electrons. The molecule has 1 aliphatic heterocycles. The van der Waals surface area contributed by atoms with E-state index in [0.29, 0.717) is 24.3 Å². The highest BCUT2D eigenvalue weighted by molar-refractivity contribution is 6.06. The molecule has 0 aliphatic carbocycles. The van der Waals surface area contributed by atoms with E-state index < -0.39 is 4.92 Å². The molecule has 0 radical (unpaired) electrons. The lowest BCUT2D eigenvalue weighted by Gasteiger charge is -2.16. The second kappa shape index (κ2) is 6.31. The zero-order valence-corrected chi connectivity index (χ0v) is 14.9. The third-order valence-electron chi connectivity index (χ3n) is 4.80. The number of nitrogens with zero attached hydrogens (tertiary/aromatic N) is 5. The van der Waals surface area contributed by atoms with Crippen LogP contribution in [0.15, 0.2) is 42.5 Å². The van der Waals surface area contributed by atoms with Gasteiger partial charge in [-0.05, 0) is 38.0 Å². The Bertz CT molecular complexity index is 1060. The van der Waals surface area contributed by atoms with E-state index in [1.807, 2.05) is 31.2 Å². The van der Waals surface area contributed by atoms with Gasteiger partial charge in [0, 0.05) is 18.7 Å². The molecule has 0 unspecified atom stereocenters. The van der Waals surface area contributed by atoms with Gasteiger partial charge in [-0.15, -0.1) is 5.10 Å². The van der Waals surface area contributed by atoms with Gasteiger partial charge in [0.2, 0.25) is 0 Å². The summed E-state index contributed by atoms with van der Waals surface area (Å²) in [7, 11) is 0. The van der Waals surface area contributed by atoms with Crippen LogP contribution in [0.25, 0.3) is 5.69 Å². The average molecular weight is 363 g/mol. The smallest absolute Gasteiger partial charge is 0.280 e. The molecule has 0 saturated carbocycles. The molecule has 1 aliphatic rings. The topological polar surface area (TPSA) is 94.2 Å². The van der Waals surface area contributed by atoms with Crippen LogP contribution < -0.4 is 4.90 Å². The summed E-state index contributed by atoms with van der Waals surface area (Å²) in [4.78, 5) is 25.2. The van der Waals surface area contributed by atoms with E-state index >= 15 is 0 Å². The average Bonchev–Trinajstić information content (AvgIpc) is 3.25. The second-order valence-corrected chi connectivity index (χ2v) is 6.55. The summed E-state index contributed by atoms with van der Waals surface area (Å²) in [6.07, 6.45) is 0.657. The number of rotatable bonds is 3. The minimum Gasteiger partial charge on any atom is -0.306 e. The predicted octanol–water partition coefficient (Wildman–Crippen LogP) is 3.00. The molecule has 0 saturated heterocycles. The van der Waals surface area contributed by atoms with Crippen LogP contribution in [0.3, 0.4) is 0 Å². The molecule has 8 nitrogen and oxygen atoms in total. The summed E-state index contributed by atoms with van der Waals surface area (Å²) in [5, 5.41) is 19.3. The minimum atomic E-state index is -0.458. The molecule has 2 aromatic carbocycles. The van der Waals surface area contributed by atoms with Crippen molar-refractivity contribution in [2.75, 3.05) is 11.4 Å². The maximum atomic E-state index is 13.1. The van der Waals surface area contributed by atoms with Crippen molar-refractivity contribution in [2.45, 2.75) is 20.3 Å². The van der Waals surface area contributed by atoms with Gasteiger partial charge in [-0.25, -0.2) is 4.68 Å². The molecule has 3 aromatic rings. The van der Waals surface area contributed by atoms with Crippen LogP contribution in [0.5, 0.6) is 0 Å². The summed E-state index contributed by atoms with van der Waals surface area (Å²) in [5.74, 6) is -0.301.